The Morgan fingerprint density at radius 3 is 2.80 bits per heavy atom. The number of benzene rings is 1. The highest BCUT2D eigenvalue weighted by molar-refractivity contribution is 6.00. The third-order valence-corrected chi connectivity index (χ3v) is 3.14. The first-order valence-electron chi connectivity index (χ1n) is 6.95. The minimum atomic E-state index is -0.0119. The number of nitrogens with two attached hydrogens (primary N) is 1. The van der Waals surface area contributed by atoms with Crippen LogP contribution < -0.4 is 10.5 Å². The van der Waals surface area contributed by atoms with E-state index in [9.17, 15) is 0 Å². The van der Waals surface area contributed by atoms with Crippen LogP contribution in [0.4, 0.5) is 0 Å². The first-order valence-corrected chi connectivity index (χ1v) is 6.95. The second-order valence-electron chi connectivity index (χ2n) is 5.33. The molecule has 0 saturated carbocycles. The number of aromatic nitrogens is 1. The van der Waals surface area contributed by atoms with Crippen LogP contribution in [0.2, 0.25) is 0 Å². The highest BCUT2D eigenvalue weighted by Crippen LogP contribution is 2.22. The van der Waals surface area contributed by atoms with Crippen molar-refractivity contribution >= 4 is 16.7 Å². The molecule has 0 unspecified atom stereocenters. The summed E-state index contributed by atoms with van der Waals surface area (Å²) >= 11 is 0. The number of hydrogen-bond donors (Lipinski definition) is 2. The molecule has 0 aliphatic heterocycles. The van der Waals surface area contributed by atoms with Gasteiger partial charge in [0, 0.05) is 5.39 Å². The van der Waals surface area contributed by atoms with Crippen molar-refractivity contribution in [1.82, 2.24) is 4.98 Å². The fourth-order valence-corrected chi connectivity index (χ4v) is 2.06. The maximum atomic E-state index is 7.66. The summed E-state index contributed by atoms with van der Waals surface area (Å²) in [6.07, 6.45) is 2.09. The maximum absolute atomic E-state index is 7.66. The normalized spacial score (nSPS) is 10.9. The molecule has 1 aromatic carbocycles. The molecule has 2 aromatic rings. The first kappa shape index (κ1) is 14.3. The minimum absolute atomic E-state index is 0.0119. The van der Waals surface area contributed by atoms with E-state index >= 15 is 0 Å². The van der Waals surface area contributed by atoms with E-state index < -0.39 is 0 Å². The van der Waals surface area contributed by atoms with Gasteiger partial charge in [-0.3, -0.25) is 5.41 Å². The van der Waals surface area contributed by atoms with Gasteiger partial charge in [0.05, 0.1) is 17.7 Å². The number of nitrogens with zero attached hydrogens (tertiary/aromatic N) is 1. The second-order valence-corrected chi connectivity index (χ2v) is 5.33. The molecule has 0 aliphatic carbocycles. The highest BCUT2D eigenvalue weighted by Gasteiger charge is 2.10. The SMILES string of the molecule is CC(C)CCCOc1nc2ccccc2cc1C(=N)N. The van der Waals surface area contributed by atoms with Gasteiger partial charge in [0.25, 0.3) is 0 Å². The van der Waals surface area contributed by atoms with Gasteiger partial charge in [0.2, 0.25) is 5.88 Å². The van der Waals surface area contributed by atoms with E-state index in [1.54, 1.807) is 0 Å². The molecular weight excluding hydrogens is 250 g/mol. The number of pyridine rings is 1. The van der Waals surface area contributed by atoms with Crippen molar-refractivity contribution in [2.45, 2.75) is 26.7 Å². The third-order valence-electron chi connectivity index (χ3n) is 3.14. The summed E-state index contributed by atoms with van der Waals surface area (Å²) in [5.41, 5.74) is 7.04. The molecule has 1 aromatic heterocycles. The van der Waals surface area contributed by atoms with Crippen molar-refractivity contribution in [1.29, 1.82) is 5.41 Å². The Kier molecular flexibility index (Phi) is 4.56. The minimum Gasteiger partial charge on any atom is -0.477 e. The molecule has 2 rings (SSSR count). The van der Waals surface area contributed by atoms with E-state index in [0.29, 0.717) is 24.0 Å². The quantitative estimate of drug-likeness (QED) is 0.481. The fraction of sp³-hybridized carbons (Fsp3) is 0.375. The summed E-state index contributed by atoms with van der Waals surface area (Å²) in [5, 5.41) is 8.62. The summed E-state index contributed by atoms with van der Waals surface area (Å²) in [4.78, 5) is 4.47. The molecule has 0 fully saturated rings. The Balaban J connectivity index is 2.21. The Bertz CT molecular complexity index is 608. The number of nitrogen functional groups attached to an aromatic ring is 1. The zero-order valence-electron chi connectivity index (χ0n) is 12.0. The summed E-state index contributed by atoms with van der Waals surface area (Å²) < 4.78 is 5.73. The lowest BCUT2D eigenvalue weighted by Crippen LogP contribution is -2.14. The number of hydrogen-bond acceptors (Lipinski definition) is 3. The lowest BCUT2D eigenvalue weighted by molar-refractivity contribution is 0.287. The molecule has 0 bridgehead atoms. The van der Waals surface area contributed by atoms with Crippen LogP contribution in [0, 0.1) is 11.3 Å². The molecule has 4 nitrogen and oxygen atoms in total. The van der Waals surface area contributed by atoms with Gasteiger partial charge in [-0.05, 0) is 30.9 Å². The second kappa shape index (κ2) is 6.37. The van der Waals surface area contributed by atoms with Crippen molar-refractivity contribution in [2.75, 3.05) is 6.61 Å². The van der Waals surface area contributed by atoms with Crippen LogP contribution in [0.5, 0.6) is 5.88 Å². The largest absolute Gasteiger partial charge is 0.477 e. The Morgan fingerprint density at radius 1 is 1.35 bits per heavy atom. The van der Waals surface area contributed by atoms with Crippen LogP contribution in [-0.2, 0) is 0 Å². The fourth-order valence-electron chi connectivity index (χ4n) is 2.06. The van der Waals surface area contributed by atoms with E-state index in [4.69, 9.17) is 15.9 Å². The third kappa shape index (κ3) is 3.47. The number of nitrogens with one attached hydrogen (secondary N) is 1. The number of rotatable bonds is 6. The summed E-state index contributed by atoms with van der Waals surface area (Å²) in [6.45, 7) is 4.98. The van der Waals surface area contributed by atoms with E-state index in [1.165, 1.54) is 0 Å². The van der Waals surface area contributed by atoms with Gasteiger partial charge in [-0.15, -0.1) is 0 Å². The van der Waals surface area contributed by atoms with Crippen LogP contribution in [0.15, 0.2) is 30.3 Å². The van der Waals surface area contributed by atoms with Crippen molar-refractivity contribution in [3.8, 4) is 5.88 Å². The first-order chi connectivity index (χ1) is 9.58. The Morgan fingerprint density at radius 2 is 2.10 bits per heavy atom. The van der Waals surface area contributed by atoms with Gasteiger partial charge in [0.1, 0.15) is 5.84 Å². The standard InChI is InChI=1S/C16H21N3O/c1-11(2)6-5-9-20-16-13(15(17)18)10-12-7-3-4-8-14(12)19-16/h3-4,7-8,10-11H,5-6,9H2,1-2H3,(H3,17,18). The zero-order valence-corrected chi connectivity index (χ0v) is 12.0. The molecule has 20 heavy (non-hydrogen) atoms. The molecule has 0 atom stereocenters. The van der Waals surface area contributed by atoms with Gasteiger partial charge in [-0.25, -0.2) is 4.98 Å². The molecule has 0 spiro atoms. The van der Waals surface area contributed by atoms with Crippen LogP contribution in [-0.4, -0.2) is 17.4 Å². The Labute approximate surface area is 119 Å². The number of fused-ring (bicyclic) bond motifs is 1. The van der Waals surface area contributed by atoms with Gasteiger partial charge in [0.15, 0.2) is 0 Å². The average molecular weight is 271 g/mol. The topological polar surface area (TPSA) is 72.0 Å². The van der Waals surface area contributed by atoms with Gasteiger partial charge >= 0.3 is 0 Å². The van der Waals surface area contributed by atoms with Gasteiger partial charge in [-0.2, -0.15) is 0 Å². The summed E-state index contributed by atoms with van der Waals surface area (Å²) in [5.74, 6) is 1.11. The van der Waals surface area contributed by atoms with E-state index in [2.05, 4.69) is 18.8 Å². The molecular formula is C16H21N3O. The predicted octanol–water partition coefficient (Wildman–Crippen LogP) is 3.33. The molecule has 4 heteroatoms. The van der Waals surface area contributed by atoms with Gasteiger partial charge in [-0.1, -0.05) is 32.0 Å². The molecule has 3 N–H and O–H groups in total. The van der Waals surface area contributed by atoms with Crippen LogP contribution >= 0.6 is 0 Å². The maximum Gasteiger partial charge on any atom is 0.225 e. The predicted molar refractivity (Wildman–Crippen MR) is 82.3 cm³/mol. The number of ether oxygens (including phenoxy) is 1. The summed E-state index contributed by atoms with van der Waals surface area (Å²) in [6, 6.07) is 9.63. The molecule has 0 aliphatic rings. The molecule has 1 heterocycles. The number of para-hydroxylation sites is 1. The van der Waals surface area contributed by atoms with Crippen molar-refractivity contribution < 1.29 is 4.74 Å². The lowest BCUT2D eigenvalue weighted by atomic mass is 10.1. The van der Waals surface area contributed by atoms with Crippen molar-refractivity contribution in [3.05, 3.63) is 35.9 Å². The molecule has 0 saturated heterocycles. The van der Waals surface area contributed by atoms with Crippen LogP contribution in [0.3, 0.4) is 0 Å². The lowest BCUT2D eigenvalue weighted by Gasteiger charge is -2.11. The van der Waals surface area contributed by atoms with Gasteiger partial charge < -0.3 is 10.5 Å². The molecule has 0 radical (unpaired) electrons. The average Bonchev–Trinajstić information content (AvgIpc) is 2.42. The van der Waals surface area contributed by atoms with Crippen LogP contribution in [0.1, 0.15) is 32.3 Å². The highest BCUT2D eigenvalue weighted by atomic mass is 16.5. The molecule has 106 valence electrons. The van der Waals surface area contributed by atoms with E-state index in [0.717, 1.165) is 23.7 Å². The molecule has 0 amide bonds. The number of amidine groups is 1. The monoisotopic (exact) mass is 271 g/mol. The Hall–Kier alpha value is -2.10. The zero-order chi connectivity index (χ0) is 14.5. The van der Waals surface area contributed by atoms with Crippen LogP contribution in [0.25, 0.3) is 10.9 Å². The van der Waals surface area contributed by atoms with Crippen molar-refractivity contribution in [3.63, 3.8) is 0 Å². The van der Waals surface area contributed by atoms with E-state index in [1.807, 2.05) is 30.3 Å². The summed E-state index contributed by atoms with van der Waals surface area (Å²) in [7, 11) is 0. The van der Waals surface area contributed by atoms with Crippen molar-refractivity contribution in [2.24, 2.45) is 11.7 Å². The smallest absolute Gasteiger partial charge is 0.225 e. The van der Waals surface area contributed by atoms with E-state index in [-0.39, 0.29) is 5.84 Å².